The maximum Gasteiger partial charge on any atom is 0.123 e. The van der Waals surface area contributed by atoms with Crippen LogP contribution in [0.5, 0.6) is 0 Å². The van der Waals surface area contributed by atoms with Gasteiger partial charge in [0.05, 0.1) is 5.71 Å². The molecule has 0 N–H and O–H groups in total. The minimum atomic E-state index is -0.198. The van der Waals surface area contributed by atoms with Gasteiger partial charge in [0.15, 0.2) is 0 Å². The molecule has 0 saturated heterocycles. The van der Waals surface area contributed by atoms with Crippen molar-refractivity contribution in [3.63, 3.8) is 0 Å². The van der Waals surface area contributed by atoms with Crippen molar-refractivity contribution in [1.29, 1.82) is 0 Å². The first kappa shape index (κ1) is 8.23. The van der Waals surface area contributed by atoms with E-state index in [4.69, 9.17) is 0 Å². The van der Waals surface area contributed by atoms with Crippen molar-refractivity contribution in [2.24, 2.45) is 5.10 Å². The van der Waals surface area contributed by atoms with Crippen LogP contribution in [0.3, 0.4) is 0 Å². The van der Waals surface area contributed by atoms with Crippen LogP contribution in [-0.2, 0) is 0 Å². The number of hydrazone groups is 1. The van der Waals surface area contributed by atoms with Gasteiger partial charge < -0.3 is 0 Å². The predicted octanol–water partition coefficient (Wildman–Crippen LogP) is 1.87. The van der Waals surface area contributed by atoms with Gasteiger partial charge in [-0.1, -0.05) is 12.1 Å². The third kappa shape index (κ3) is 1.69. The van der Waals surface area contributed by atoms with Crippen molar-refractivity contribution < 1.29 is 4.39 Å². The van der Waals surface area contributed by atoms with E-state index in [0.717, 1.165) is 24.2 Å². The van der Waals surface area contributed by atoms with Crippen LogP contribution in [-0.4, -0.2) is 24.3 Å². The maximum absolute atomic E-state index is 12.6. The van der Waals surface area contributed by atoms with Crippen LogP contribution in [0.25, 0.3) is 0 Å². The van der Waals surface area contributed by atoms with E-state index in [1.54, 1.807) is 12.1 Å². The van der Waals surface area contributed by atoms with Gasteiger partial charge >= 0.3 is 0 Å². The molecule has 0 fully saturated rings. The quantitative estimate of drug-likeness (QED) is 0.641. The Morgan fingerprint density at radius 2 is 2.00 bits per heavy atom. The Kier molecular flexibility index (Phi) is 2.00. The Hall–Kier alpha value is -1.38. The normalized spacial score (nSPS) is 16.2. The van der Waals surface area contributed by atoms with Crippen molar-refractivity contribution in [3.05, 3.63) is 35.6 Å². The second kappa shape index (κ2) is 3.17. The third-order valence-electron chi connectivity index (χ3n) is 2.14. The smallest absolute Gasteiger partial charge is 0.123 e. The lowest BCUT2D eigenvalue weighted by atomic mass is 10.1. The molecule has 1 aliphatic rings. The monoisotopic (exact) mass is 178 g/mol. The fourth-order valence-corrected chi connectivity index (χ4v) is 1.42. The Morgan fingerprint density at radius 1 is 1.31 bits per heavy atom. The van der Waals surface area contributed by atoms with Crippen molar-refractivity contribution in [1.82, 2.24) is 5.01 Å². The summed E-state index contributed by atoms with van der Waals surface area (Å²) in [5.74, 6) is -0.198. The molecular weight excluding hydrogens is 167 g/mol. The molecule has 0 unspecified atom stereocenters. The highest BCUT2D eigenvalue weighted by Crippen LogP contribution is 2.12. The molecule has 1 aliphatic heterocycles. The van der Waals surface area contributed by atoms with Crippen LogP contribution in [0, 0.1) is 5.82 Å². The summed E-state index contributed by atoms with van der Waals surface area (Å²) < 4.78 is 12.6. The van der Waals surface area contributed by atoms with Crippen LogP contribution < -0.4 is 0 Å². The standard InChI is InChI=1S/C10H11FN2/c1-13-7-6-10(12-13)8-2-4-9(11)5-3-8/h2-5H,6-7H2,1H3. The molecule has 0 aliphatic carbocycles. The first-order valence-corrected chi connectivity index (χ1v) is 4.30. The molecule has 0 saturated carbocycles. The number of halogens is 1. The Labute approximate surface area is 76.7 Å². The topological polar surface area (TPSA) is 15.6 Å². The molecule has 2 nitrogen and oxygen atoms in total. The fraction of sp³-hybridized carbons (Fsp3) is 0.300. The van der Waals surface area contributed by atoms with Gasteiger partial charge in [0.1, 0.15) is 5.82 Å². The summed E-state index contributed by atoms with van der Waals surface area (Å²) >= 11 is 0. The largest absolute Gasteiger partial charge is 0.299 e. The molecule has 13 heavy (non-hydrogen) atoms. The molecule has 2 rings (SSSR count). The summed E-state index contributed by atoms with van der Waals surface area (Å²) in [7, 11) is 1.94. The fourth-order valence-electron chi connectivity index (χ4n) is 1.42. The maximum atomic E-state index is 12.6. The summed E-state index contributed by atoms with van der Waals surface area (Å²) in [6.45, 7) is 0.951. The number of rotatable bonds is 1. The zero-order valence-electron chi connectivity index (χ0n) is 7.50. The Morgan fingerprint density at radius 3 is 2.54 bits per heavy atom. The third-order valence-corrected chi connectivity index (χ3v) is 2.14. The van der Waals surface area contributed by atoms with Crippen LogP contribution in [0.15, 0.2) is 29.4 Å². The lowest BCUT2D eigenvalue weighted by Gasteiger charge is -2.01. The second-order valence-electron chi connectivity index (χ2n) is 3.18. The zero-order chi connectivity index (χ0) is 9.26. The van der Waals surface area contributed by atoms with Gasteiger partial charge in [-0.15, -0.1) is 0 Å². The van der Waals surface area contributed by atoms with Gasteiger partial charge in [0.25, 0.3) is 0 Å². The van der Waals surface area contributed by atoms with E-state index in [2.05, 4.69) is 5.10 Å². The average molecular weight is 178 g/mol. The van der Waals surface area contributed by atoms with E-state index in [-0.39, 0.29) is 5.82 Å². The summed E-state index contributed by atoms with van der Waals surface area (Å²) in [6.07, 6.45) is 0.947. The van der Waals surface area contributed by atoms with Crippen LogP contribution >= 0.6 is 0 Å². The van der Waals surface area contributed by atoms with Crippen molar-refractivity contribution in [2.75, 3.05) is 13.6 Å². The molecule has 68 valence electrons. The SMILES string of the molecule is CN1CCC(c2ccc(F)cc2)=N1. The van der Waals surface area contributed by atoms with Crippen LogP contribution in [0.2, 0.25) is 0 Å². The van der Waals surface area contributed by atoms with Gasteiger partial charge in [-0.3, -0.25) is 5.01 Å². The summed E-state index contributed by atoms with van der Waals surface area (Å²) in [5.41, 5.74) is 2.06. The molecule has 1 heterocycles. The highest BCUT2D eigenvalue weighted by Gasteiger charge is 2.12. The Bertz CT molecular complexity index is 329. The van der Waals surface area contributed by atoms with Gasteiger partial charge in [-0.2, -0.15) is 5.10 Å². The van der Waals surface area contributed by atoms with E-state index in [0.29, 0.717) is 0 Å². The molecule has 1 aromatic rings. The van der Waals surface area contributed by atoms with Crippen LogP contribution in [0.1, 0.15) is 12.0 Å². The average Bonchev–Trinajstić information content (AvgIpc) is 2.53. The minimum Gasteiger partial charge on any atom is -0.299 e. The van der Waals surface area contributed by atoms with Gasteiger partial charge in [-0.25, -0.2) is 4.39 Å². The molecular formula is C10H11FN2. The number of hydrogen-bond donors (Lipinski definition) is 0. The van der Waals surface area contributed by atoms with E-state index in [1.807, 2.05) is 12.1 Å². The Balaban J connectivity index is 2.26. The van der Waals surface area contributed by atoms with Gasteiger partial charge in [0, 0.05) is 20.0 Å². The molecule has 0 atom stereocenters. The van der Waals surface area contributed by atoms with E-state index in [9.17, 15) is 4.39 Å². The molecule has 3 heteroatoms. The number of benzene rings is 1. The highest BCUT2D eigenvalue weighted by atomic mass is 19.1. The van der Waals surface area contributed by atoms with Gasteiger partial charge in [0.2, 0.25) is 0 Å². The summed E-state index contributed by atoms with van der Waals surface area (Å²) in [4.78, 5) is 0. The van der Waals surface area contributed by atoms with Gasteiger partial charge in [-0.05, 0) is 17.7 Å². The summed E-state index contributed by atoms with van der Waals surface area (Å²) in [5, 5.41) is 6.22. The molecule has 0 bridgehead atoms. The molecule has 1 aromatic carbocycles. The molecule has 0 aromatic heterocycles. The zero-order valence-corrected chi connectivity index (χ0v) is 7.50. The van der Waals surface area contributed by atoms with E-state index in [1.165, 1.54) is 12.1 Å². The first-order valence-electron chi connectivity index (χ1n) is 4.30. The lowest BCUT2D eigenvalue weighted by Crippen LogP contribution is -2.04. The van der Waals surface area contributed by atoms with Crippen molar-refractivity contribution in [3.8, 4) is 0 Å². The lowest BCUT2D eigenvalue weighted by molar-refractivity contribution is 0.393. The van der Waals surface area contributed by atoms with E-state index >= 15 is 0 Å². The first-order chi connectivity index (χ1) is 6.25. The molecule has 0 radical (unpaired) electrons. The van der Waals surface area contributed by atoms with Crippen LogP contribution in [0.4, 0.5) is 4.39 Å². The number of hydrogen-bond acceptors (Lipinski definition) is 2. The van der Waals surface area contributed by atoms with E-state index < -0.39 is 0 Å². The molecule has 0 amide bonds. The highest BCUT2D eigenvalue weighted by molar-refractivity contribution is 6.01. The predicted molar refractivity (Wildman–Crippen MR) is 50.2 cm³/mol. The minimum absolute atomic E-state index is 0.198. The van der Waals surface area contributed by atoms with Crippen molar-refractivity contribution >= 4 is 5.71 Å². The molecule has 0 spiro atoms. The number of nitrogens with zero attached hydrogens (tertiary/aromatic N) is 2. The second-order valence-corrected chi connectivity index (χ2v) is 3.18. The van der Waals surface area contributed by atoms with Crippen molar-refractivity contribution in [2.45, 2.75) is 6.42 Å². The summed E-state index contributed by atoms with van der Waals surface area (Å²) in [6, 6.07) is 6.48.